The van der Waals surface area contributed by atoms with Crippen molar-refractivity contribution in [3.8, 4) is 0 Å². The quantitative estimate of drug-likeness (QED) is 0.817. The predicted octanol–water partition coefficient (Wildman–Crippen LogP) is 3.78. The summed E-state index contributed by atoms with van der Waals surface area (Å²) in [6.07, 6.45) is -0.281. The van der Waals surface area contributed by atoms with E-state index in [0.717, 1.165) is 0 Å². The van der Waals surface area contributed by atoms with Crippen LogP contribution in [0.5, 0.6) is 0 Å². The molecule has 1 heterocycles. The number of rotatable bonds is 4. The monoisotopic (exact) mass is 372 g/mol. The van der Waals surface area contributed by atoms with E-state index >= 15 is 0 Å². The number of carboxylic acid groups (broad SMARTS) is 1. The van der Waals surface area contributed by atoms with E-state index in [1.807, 2.05) is 27.7 Å². The van der Waals surface area contributed by atoms with Gasteiger partial charge in [0.15, 0.2) is 0 Å². The molecule has 0 radical (unpaired) electrons. The van der Waals surface area contributed by atoms with Gasteiger partial charge in [0, 0.05) is 15.9 Å². The molecule has 0 saturated carbocycles. The molecule has 4 nitrogen and oxygen atoms in total. The van der Waals surface area contributed by atoms with Crippen LogP contribution in [0, 0.1) is 5.82 Å². The number of halogens is 2. The molecule has 7 heteroatoms. The second kappa shape index (κ2) is 5.94. The van der Waals surface area contributed by atoms with Gasteiger partial charge in [-0.25, -0.2) is 4.39 Å². The lowest BCUT2D eigenvalue weighted by molar-refractivity contribution is -0.137. The van der Waals surface area contributed by atoms with E-state index in [0.29, 0.717) is 4.47 Å². The number of carboxylic acids is 1. The minimum absolute atomic E-state index is 0.267. The first-order valence-electron chi connectivity index (χ1n) is 7.06. The van der Waals surface area contributed by atoms with Crippen molar-refractivity contribution in [2.24, 2.45) is 0 Å². The summed E-state index contributed by atoms with van der Waals surface area (Å²) in [5, 5.41) is 9.20. The van der Waals surface area contributed by atoms with E-state index in [4.69, 9.17) is 9.31 Å². The lowest BCUT2D eigenvalue weighted by Gasteiger charge is -2.32. The fourth-order valence-electron chi connectivity index (χ4n) is 2.44. The second-order valence-electron chi connectivity index (χ2n) is 6.46. The highest BCUT2D eigenvalue weighted by Crippen LogP contribution is 2.43. The zero-order chi connectivity index (χ0) is 16.7. The summed E-state index contributed by atoms with van der Waals surface area (Å²) in [6, 6.07) is 4.55. The Hall–Kier alpha value is -0.915. The predicted molar refractivity (Wildman–Crippen MR) is 85.2 cm³/mol. The van der Waals surface area contributed by atoms with Crippen molar-refractivity contribution >= 4 is 29.0 Å². The van der Waals surface area contributed by atoms with E-state index < -0.39 is 35.9 Å². The van der Waals surface area contributed by atoms with Gasteiger partial charge < -0.3 is 14.4 Å². The normalized spacial score (nSPS) is 20.9. The summed E-state index contributed by atoms with van der Waals surface area (Å²) in [4.78, 5) is 11.2. The van der Waals surface area contributed by atoms with Gasteiger partial charge in [-0.05, 0) is 39.8 Å². The molecule has 1 fully saturated rings. The second-order valence-corrected chi connectivity index (χ2v) is 7.32. The van der Waals surface area contributed by atoms with Gasteiger partial charge >= 0.3 is 13.1 Å². The van der Waals surface area contributed by atoms with Gasteiger partial charge in [0.2, 0.25) is 0 Å². The summed E-state index contributed by atoms with van der Waals surface area (Å²) < 4.78 is 26.6. The fourth-order valence-corrected chi connectivity index (χ4v) is 3.08. The molecule has 0 aromatic heterocycles. The van der Waals surface area contributed by atoms with Crippen LogP contribution in [-0.2, 0) is 14.1 Å². The molecule has 1 atom stereocenters. The third kappa shape index (κ3) is 3.21. The summed E-state index contributed by atoms with van der Waals surface area (Å²) in [7, 11) is -0.825. The van der Waals surface area contributed by atoms with Crippen molar-refractivity contribution < 1.29 is 23.6 Å². The van der Waals surface area contributed by atoms with Gasteiger partial charge in [-0.1, -0.05) is 22.0 Å². The number of hydrogen-bond donors (Lipinski definition) is 1. The number of hydrogen-bond acceptors (Lipinski definition) is 3. The Kier molecular flexibility index (Phi) is 4.71. The Labute approximate surface area is 138 Å². The van der Waals surface area contributed by atoms with E-state index in [9.17, 15) is 14.3 Å². The van der Waals surface area contributed by atoms with Gasteiger partial charge in [0.1, 0.15) is 5.82 Å². The first kappa shape index (κ1) is 17.4. The summed E-state index contributed by atoms with van der Waals surface area (Å²) in [6.45, 7) is 7.50. The maximum Gasteiger partial charge on any atom is 0.466 e. The molecule has 0 aliphatic carbocycles. The Morgan fingerprint density at radius 1 is 1.32 bits per heavy atom. The standard InChI is InChI=1S/C15H19BBrFO4/c1-14(2)15(3,4)22-16(21-14)9(8-12(19)20)13-10(17)6-5-7-11(13)18/h5-7,9H,8H2,1-4H3,(H,19,20). The average Bonchev–Trinajstić information content (AvgIpc) is 2.56. The first-order chi connectivity index (χ1) is 10.0. The molecule has 22 heavy (non-hydrogen) atoms. The van der Waals surface area contributed by atoms with E-state index in [1.165, 1.54) is 6.07 Å². The number of carbonyl (C=O) groups is 1. The molecule has 1 aromatic carbocycles. The Bertz CT molecular complexity index is 555. The fraction of sp³-hybridized carbons (Fsp3) is 0.533. The first-order valence-corrected chi connectivity index (χ1v) is 7.86. The zero-order valence-corrected chi connectivity index (χ0v) is 14.6. The smallest absolute Gasteiger partial charge is 0.466 e. The van der Waals surface area contributed by atoms with E-state index in [-0.39, 0.29) is 12.0 Å². The maximum atomic E-state index is 14.3. The molecule has 1 aliphatic heterocycles. The molecule has 120 valence electrons. The van der Waals surface area contributed by atoms with Crippen LogP contribution < -0.4 is 0 Å². The lowest BCUT2D eigenvalue weighted by atomic mass is 9.66. The van der Waals surface area contributed by atoms with Crippen LogP contribution in [0.3, 0.4) is 0 Å². The molecular formula is C15H19BBrFO4. The third-order valence-electron chi connectivity index (χ3n) is 4.37. The number of aliphatic carboxylic acids is 1. The van der Waals surface area contributed by atoms with Crippen LogP contribution in [0.2, 0.25) is 0 Å². The average molecular weight is 373 g/mol. The Balaban J connectivity index is 2.43. The van der Waals surface area contributed by atoms with Crippen LogP contribution in [0.15, 0.2) is 22.7 Å². The topological polar surface area (TPSA) is 55.8 Å². The van der Waals surface area contributed by atoms with Crippen molar-refractivity contribution in [1.29, 1.82) is 0 Å². The summed E-state index contributed by atoms with van der Waals surface area (Å²) in [5.74, 6) is -2.25. The summed E-state index contributed by atoms with van der Waals surface area (Å²) in [5.41, 5.74) is -0.943. The molecule has 0 bridgehead atoms. The van der Waals surface area contributed by atoms with Crippen molar-refractivity contribution in [1.82, 2.24) is 0 Å². The SMILES string of the molecule is CC1(C)OB(C(CC(=O)O)c2c(F)cccc2Br)OC1(C)C. The van der Waals surface area contributed by atoms with Crippen molar-refractivity contribution in [3.63, 3.8) is 0 Å². The minimum Gasteiger partial charge on any atom is -0.481 e. The molecule has 1 unspecified atom stereocenters. The third-order valence-corrected chi connectivity index (χ3v) is 5.06. The van der Waals surface area contributed by atoms with E-state index in [1.54, 1.807) is 12.1 Å². The Morgan fingerprint density at radius 3 is 2.32 bits per heavy atom. The van der Waals surface area contributed by atoms with E-state index in [2.05, 4.69) is 15.9 Å². The molecule has 1 aromatic rings. The summed E-state index contributed by atoms with van der Waals surface area (Å²) >= 11 is 3.30. The van der Waals surface area contributed by atoms with Gasteiger partial charge in [-0.2, -0.15) is 0 Å². The lowest BCUT2D eigenvalue weighted by Crippen LogP contribution is -2.41. The maximum absolute atomic E-state index is 14.3. The van der Waals surface area contributed by atoms with Crippen LogP contribution in [0.4, 0.5) is 4.39 Å². The van der Waals surface area contributed by atoms with Gasteiger partial charge in [-0.3, -0.25) is 4.79 Å². The molecule has 2 rings (SSSR count). The molecular weight excluding hydrogens is 354 g/mol. The van der Waals surface area contributed by atoms with Crippen LogP contribution in [0.25, 0.3) is 0 Å². The zero-order valence-electron chi connectivity index (χ0n) is 13.0. The van der Waals surface area contributed by atoms with Gasteiger partial charge in [-0.15, -0.1) is 0 Å². The molecule has 0 amide bonds. The minimum atomic E-state index is -1.03. The number of benzene rings is 1. The van der Waals surface area contributed by atoms with Crippen LogP contribution in [-0.4, -0.2) is 29.4 Å². The highest BCUT2D eigenvalue weighted by Gasteiger charge is 2.54. The molecule has 1 saturated heterocycles. The Morgan fingerprint density at radius 2 is 1.86 bits per heavy atom. The van der Waals surface area contributed by atoms with Gasteiger partial charge in [0.05, 0.1) is 17.6 Å². The van der Waals surface area contributed by atoms with Crippen molar-refractivity contribution in [2.45, 2.75) is 51.1 Å². The van der Waals surface area contributed by atoms with Crippen molar-refractivity contribution in [3.05, 3.63) is 34.1 Å². The van der Waals surface area contributed by atoms with Crippen molar-refractivity contribution in [2.75, 3.05) is 0 Å². The molecule has 1 aliphatic rings. The van der Waals surface area contributed by atoms with Crippen LogP contribution >= 0.6 is 15.9 Å². The largest absolute Gasteiger partial charge is 0.481 e. The highest BCUT2D eigenvalue weighted by molar-refractivity contribution is 9.10. The van der Waals surface area contributed by atoms with Crippen LogP contribution in [0.1, 0.15) is 45.5 Å². The molecule has 1 N–H and O–H groups in total. The van der Waals surface area contributed by atoms with Gasteiger partial charge in [0.25, 0.3) is 0 Å². The molecule has 0 spiro atoms. The highest BCUT2D eigenvalue weighted by atomic mass is 79.9.